The molecule has 0 fully saturated rings. The van der Waals surface area contributed by atoms with Crippen LogP contribution < -0.4 is 19.5 Å². The zero-order valence-electron chi connectivity index (χ0n) is 13.6. The van der Waals surface area contributed by atoms with Crippen molar-refractivity contribution in [3.8, 4) is 23.3 Å². The topological polar surface area (TPSA) is 80.6 Å². The van der Waals surface area contributed by atoms with Crippen LogP contribution in [0.15, 0.2) is 48.0 Å². The highest BCUT2D eigenvalue weighted by Gasteiger charge is 2.14. The number of nitriles is 1. The van der Waals surface area contributed by atoms with Crippen LogP contribution in [0.4, 0.5) is 0 Å². The van der Waals surface area contributed by atoms with E-state index in [1.54, 1.807) is 43.5 Å². The van der Waals surface area contributed by atoms with Crippen molar-refractivity contribution in [1.82, 2.24) is 5.32 Å². The Hall–Kier alpha value is -3.46. The molecule has 3 rings (SSSR count). The minimum Gasteiger partial charge on any atom is -0.497 e. The highest BCUT2D eigenvalue weighted by Crippen LogP contribution is 2.32. The largest absolute Gasteiger partial charge is 0.497 e. The van der Waals surface area contributed by atoms with Crippen LogP contribution in [-0.2, 0) is 11.3 Å². The maximum atomic E-state index is 12.3. The molecule has 1 aliphatic rings. The number of hydrogen-bond donors (Lipinski definition) is 1. The van der Waals surface area contributed by atoms with Gasteiger partial charge in [0.25, 0.3) is 5.91 Å². The molecule has 1 N–H and O–H groups in total. The number of rotatable bonds is 5. The molecule has 1 aliphatic heterocycles. The van der Waals surface area contributed by atoms with Crippen LogP contribution in [0, 0.1) is 11.3 Å². The molecule has 1 amide bonds. The monoisotopic (exact) mass is 336 g/mol. The number of amides is 1. The van der Waals surface area contributed by atoms with Crippen molar-refractivity contribution in [3.05, 3.63) is 59.2 Å². The molecule has 0 atom stereocenters. The molecule has 0 saturated carbocycles. The van der Waals surface area contributed by atoms with Gasteiger partial charge >= 0.3 is 0 Å². The molecular weight excluding hydrogens is 320 g/mol. The van der Waals surface area contributed by atoms with Crippen molar-refractivity contribution in [1.29, 1.82) is 5.26 Å². The lowest BCUT2D eigenvalue weighted by Crippen LogP contribution is -2.23. The number of hydrogen-bond acceptors (Lipinski definition) is 5. The highest BCUT2D eigenvalue weighted by molar-refractivity contribution is 6.01. The number of nitrogens with zero attached hydrogens (tertiary/aromatic N) is 1. The lowest BCUT2D eigenvalue weighted by molar-refractivity contribution is -0.117. The van der Waals surface area contributed by atoms with Crippen LogP contribution in [0.1, 0.15) is 11.1 Å². The Bertz CT molecular complexity index is 868. The molecule has 0 saturated heterocycles. The Morgan fingerprint density at radius 2 is 2.12 bits per heavy atom. The van der Waals surface area contributed by atoms with Crippen LogP contribution in [-0.4, -0.2) is 19.8 Å². The third-order valence-corrected chi connectivity index (χ3v) is 3.66. The van der Waals surface area contributed by atoms with Gasteiger partial charge in [0, 0.05) is 6.54 Å². The van der Waals surface area contributed by atoms with Gasteiger partial charge in [0.2, 0.25) is 6.79 Å². The van der Waals surface area contributed by atoms with Crippen LogP contribution in [0.5, 0.6) is 17.2 Å². The van der Waals surface area contributed by atoms with Crippen molar-refractivity contribution in [2.75, 3.05) is 13.9 Å². The maximum Gasteiger partial charge on any atom is 0.262 e. The summed E-state index contributed by atoms with van der Waals surface area (Å²) in [5, 5.41) is 12.0. The number of carbonyl (C=O) groups is 1. The molecular formula is C19H16N2O4. The average molecular weight is 336 g/mol. The van der Waals surface area contributed by atoms with Gasteiger partial charge in [-0.15, -0.1) is 0 Å². The molecule has 1 heterocycles. The first-order valence-electron chi connectivity index (χ1n) is 7.62. The quantitative estimate of drug-likeness (QED) is 0.671. The van der Waals surface area contributed by atoms with Gasteiger partial charge in [0.15, 0.2) is 11.5 Å². The summed E-state index contributed by atoms with van der Waals surface area (Å²) in [7, 11) is 1.56. The number of nitrogens with one attached hydrogen (secondary N) is 1. The van der Waals surface area contributed by atoms with Gasteiger partial charge in [-0.25, -0.2) is 0 Å². The van der Waals surface area contributed by atoms with Crippen LogP contribution >= 0.6 is 0 Å². The Labute approximate surface area is 145 Å². The smallest absolute Gasteiger partial charge is 0.262 e. The van der Waals surface area contributed by atoms with Crippen molar-refractivity contribution < 1.29 is 19.0 Å². The SMILES string of the molecule is COc1cccc(/C=C(\C#N)C(=O)NCc2ccc3c(c2)OCO3)c1. The molecule has 2 aromatic rings. The van der Waals surface area contributed by atoms with Crippen LogP contribution in [0.3, 0.4) is 0 Å². The van der Waals surface area contributed by atoms with E-state index in [4.69, 9.17) is 14.2 Å². The van der Waals surface area contributed by atoms with Gasteiger partial charge in [-0.1, -0.05) is 18.2 Å². The zero-order valence-corrected chi connectivity index (χ0v) is 13.6. The molecule has 25 heavy (non-hydrogen) atoms. The fourth-order valence-electron chi connectivity index (χ4n) is 2.38. The first kappa shape index (κ1) is 16.4. The zero-order chi connectivity index (χ0) is 17.6. The Morgan fingerprint density at radius 3 is 2.92 bits per heavy atom. The number of fused-ring (bicyclic) bond motifs is 1. The van der Waals surface area contributed by atoms with E-state index in [0.29, 0.717) is 22.8 Å². The van der Waals surface area contributed by atoms with E-state index >= 15 is 0 Å². The summed E-state index contributed by atoms with van der Waals surface area (Å²) in [5.74, 6) is 1.56. The van der Waals surface area contributed by atoms with Crippen LogP contribution in [0.25, 0.3) is 6.08 Å². The van der Waals surface area contributed by atoms with Gasteiger partial charge in [-0.05, 0) is 41.5 Å². The summed E-state index contributed by atoms with van der Waals surface area (Å²) >= 11 is 0. The third kappa shape index (κ3) is 3.90. The number of carbonyl (C=O) groups excluding carboxylic acids is 1. The lowest BCUT2D eigenvalue weighted by atomic mass is 10.1. The van der Waals surface area contributed by atoms with Crippen molar-refractivity contribution in [2.45, 2.75) is 6.54 Å². The summed E-state index contributed by atoms with van der Waals surface area (Å²) in [4.78, 5) is 12.3. The van der Waals surface area contributed by atoms with E-state index < -0.39 is 5.91 Å². The first-order valence-corrected chi connectivity index (χ1v) is 7.62. The van der Waals surface area contributed by atoms with Gasteiger partial charge in [0.05, 0.1) is 7.11 Å². The maximum absolute atomic E-state index is 12.3. The van der Waals surface area contributed by atoms with Crippen molar-refractivity contribution in [3.63, 3.8) is 0 Å². The van der Waals surface area contributed by atoms with E-state index in [2.05, 4.69) is 5.32 Å². The second-order valence-electron chi connectivity index (χ2n) is 5.32. The molecule has 126 valence electrons. The molecule has 2 aromatic carbocycles. The fourth-order valence-corrected chi connectivity index (χ4v) is 2.38. The molecule has 0 radical (unpaired) electrons. The lowest BCUT2D eigenvalue weighted by Gasteiger charge is -2.06. The van der Waals surface area contributed by atoms with Gasteiger partial charge in [-0.2, -0.15) is 5.26 Å². The van der Waals surface area contributed by atoms with E-state index in [-0.39, 0.29) is 18.9 Å². The molecule has 0 spiro atoms. The molecule has 0 aliphatic carbocycles. The summed E-state index contributed by atoms with van der Waals surface area (Å²) in [6, 6.07) is 14.5. The van der Waals surface area contributed by atoms with E-state index in [9.17, 15) is 10.1 Å². The fraction of sp³-hybridized carbons (Fsp3) is 0.158. The third-order valence-electron chi connectivity index (χ3n) is 3.66. The number of methoxy groups -OCH3 is 1. The number of ether oxygens (including phenoxy) is 3. The summed E-state index contributed by atoms with van der Waals surface area (Å²) in [5.41, 5.74) is 1.60. The normalized spacial score (nSPS) is 12.4. The van der Waals surface area contributed by atoms with Crippen molar-refractivity contribution >= 4 is 12.0 Å². The summed E-state index contributed by atoms with van der Waals surface area (Å²) < 4.78 is 15.7. The van der Waals surface area contributed by atoms with Gasteiger partial charge in [-0.3, -0.25) is 4.79 Å². The van der Waals surface area contributed by atoms with Crippen LogP contribution in [0.2, 0.25) is 0 Å². The predicted molar refractivity (Wildman–Crippen MR) is 91.0 cm³/mol. The summed E-state index contributed by atoms with van der Waals surface area (Å²) in [6.45, 7) is 0.486. The minimum atomic E-state index is -0.442. The first-order chi connectivity index (χ1) is 12.2. The van der Waals surface area contributed by atoms with E-state index in [1.165, 1.54) is 6.08 Å². The predicted octanol–water partition coefficient (Wildman–Crippen LogP) is 2.65. The van der Waals surface area contributed by atoms with E-state index in [0.717, 1.165) is 5.56 Å². The van der Waals surface area contributed by atoms with Gasteiger partial charge < -0.3 is 19.5 Å². The Kier molecular flexibility index (Phi) is 4.86. The van der Waals surface area contributed by atoms with Crippen molar-refractivity contribution in [2.24, 2.45) is 0 Å². The second-order valence-corrected chi connectivity index (χ2v) is 5.32. The summed E-state index contributed by atoms with van der Waals surface area (Å²) in [6.07, 6.45) is 1.53. The molecule has 0 aromatic heterocycles. The minimum absolute atomic E-state index is 0.0222. The second kappa shape index (κ2) is 7.41. The molecule has 0 unspecified atom stereocenters. The highest BCUT2D eigenvalue weighted by atomic mass is 16.7. The number of benzene rings is 2. The van der Waals surface area contributed by atoms with E-state index in [1.807, 2.05) is 12.1 Å². The average Bonchev–Trinajstić information content (AvgIpc) is 3.12. The Morgan fingerprint density at radius 1 is 1.28 bits per heavy atom. The molecule has 6 heteroatoms. The standard InChI is InChI=1S/C19H16N2O4/c1-23-16-4-2-3-13(8-16)7-15(10-20)19(22)21-11-14-5-6-17-18(9-14)25-12-24-17/h2-9H,11-12H2,1H3,(H,21,22)/b15-7+. The molecule has 6 nitrogen and oxygen atoms in total. The Balaban J connectivity index is 1.68. The van der Waals surface area contributed by atoms with Gasteiger partial charge in [0.1, 0.15) is 17.4 Å². The molecule has 0 bridgehead atoms.